The number of carbonyl (C=O) groups excluding carboxylic acids is 1. The summed E-state index contributed by atoms with van der Waals surface area (Å²) in [6.45, 7) is 4.09. The van der Waals surface area contributed by atoms with Gasteiger partial charge in [-0.2, -0.15) is 0 Å². The first kappa shape index (κ1) is 16.8. The lowest BCUT2D eigenvalue weighted by Crippen LogP contribution is -1.96. The number of rotatable bonds is 7. The Morgan fingerprint density at radius 1 is 1.15 bits per heavy atom. The van der Waals surface area contributed by atoms with Crippen LogP contribution in [0.15, 0.2) is 46.5 Å². The van der Waals surface area contributed by atoms with E-state index in [0.29, 0.717) is 16.7 Å². The first-order chi connectivity index (χ1) is 9.49. The van der Waals surface area contributed by atoms with Crippen LogP contribution < -0.4 is 4.74 Å². The molecule has 0 heterocycles. The van der Waals surface area contributed by atoms with E-state index in [2.05, 4.69) is 0 Å². The van der Waals surface area contributed by atoms with E-state index >= 15 is 0 Å². The molecule has 0 unspecified atom stereocenters. The van der Waals surface area contributed by atoms with Gasteiger partial charge in [0.2, 0.25) is 0 Å². The fourth-order valence-corrected chi connectivity index (χ4v) is 1.80. The minimum atomic E-state index is 0.0540. The zero-order valence-electron chi connectivity index (χ0n) is 11.7. The molecule has 0 aliphatic rings. The van der Waals surface area contributed by atoms with E-state index in [1.165, 1.54) is 5.57 Å². The van der Waals surface area contributed by atoms with Crippen LogP contribution >= 0.6 is 23.2 Å². The maximum Gasteiger partial charge on any atom is 0.159 e. The standard InChI is InChI=1S/C16H18Cl2O2/c1-12(4-3-5-16(17)18)10-11-20-15-8-6-14(7-9-15)13(2)19/h5-10H,3-4,11H2,1-2H3. The van der Waals surface area contributed by atoms with Crippen molar-refractivity contribution in [3.63, 3.8) is 0 Å². The van der Waals surface area contributed by atoms with Crippen LogP contribution in [0.3, 0.4) is 0 Å². The molecule has 0 aliphatic heterocycles. The fourth-order valence-electron chi connectivity index (χ4n) is 1.58. The Kier molecular flexibility index (Phi) is 7.42. The molecule has 20 heavy (non-hydrogen) atoms. The Hall–Kier alpha value is -1.25. The molecule has 0 bridgehead atoms. The molecule has 1 aromatic rings. The number of hydrogen-bond acceptors (Lipinski definition) is 2. The van der Waals surface area contributed by atoms with Crippen LogP contribution in [-0.2, 0) is 0 Å². The van der Waals surface area contributed by atoms with Gasteiger partial charge in [-0.25, -0.2) is 0 Å². The normalized spacial score (nSPS) is 11.1. The van der Waals surface area contributed by atoms with Gasteiger partial charge in [0.05, 0.1) is 0 Å². The lowest BCUT2D eigenvalue weighted by atomic mass is 10.1. The molecule has 0 N–H and O–H groups in total. The molecule has 0 saturated carbocycles. The molecule has 0 radical (unpaired) electrons. The first-order valence-electron chi connectivity index (χ1n) is 6.39. The third kappa shape index (κ3) is 6.78. The van der Waals surface area contributed by atoms with Crippen LogP contribution in [0.1, 0.15) is 37.0 Å². The van der Waals surface area contributed by atoms with Crippen LogP contribution in [0, 0.1) is 0 Å². The van der Waals surface area contributed by atoms with Crippen molar-refractivity contribution in [2.45, 2.75) is 26.7 Å². The molecule has 108 valence electrons. The largest absolute Gasteiger partial charge is 0.490 e. The Morgan fingerprint density at radius 2 is 1.80 bits per heavy atom. The van der Waals surface area contributed by atoms with Crippen molar-refractivity contribution in [2.24, 2.45) is 0 Å². The van der Waals surface area contributed by atoms with Gasteiger partial charge in [-0.3, -0.25) is 4.79 Å². The predicted molar refractivity (Wildman–Crippen MR) is 84.7 cm³/mol. The van der Waals surface area contributed by atoms with Gasteiger partial charge in [0, 0.05) is 5.56 Å². The number of benzene rings is 1. The van der Waals surface area contributed by atoms with E-state index in [1.54, 1.807) is 37.3 Å². The number of allylic oxidation sites excluding steroid dienone is 2. The second-order valence-electron chi connectivity index (χ2n) is 4.47. The number of Topliss-reactive ketones (excluding diaryl/α,β-unsaturated/α-hetero) is 1. The molecule has 0 aliphatic carbocycles. The second-order valence-corrected chi connectivity index (χ2v) is 5.48. The number of ketones is 1. The summed E-state index contributed by atoms with van der Waals surface area (Å²) in [7, 11) is 0. The monoisotopic (exact) mass is 312 g/mol. The molecule has 0 fully saturated rings. The molecule has 0 atom stereocenters. The molecular weight excluding hydrogens is 295 g/mol. The van der Waals surface area contributed by atoms with Crippen molar-refractivity contribution in [3.8, 4) is 5.75 Å². The van der Waals surface area contributed by atoms with Gasteiger partial charge in [-0.1, -0.05) is 34.9 Å². The zero-order valence-corrected chi connectivity index (χ0v) is 13.2. The van der Waals surface area contributed by atoms with Gasteiger partial charge in [0.1, 0.15) is 16.8 Å². The summed E-state index contributed by atoms with van der Waals surface area (Å²) < 4.78 is 5.89. The van der Waals surface area contributed by atoms with Gasteiger partial charge in [0.15, 0.2) is 5.78 Å². The molecular formula is C16H18Cl2O2. The molecule has 0 spiro atoms. The fraction of sp³-hybridized carbons (Fsp3) is 0.312. The Labute approximate surface area is 130 Å². The maximum atomic E-state index is 11.1. The third-order valence-electron chi connectivity index (χ3n) is 2.78. The van der Waals surface area contributed by atoms with Gasteiger partial charge in [0.25, 0.3) is 0 Å². The smallest absolute Gasteiger partial charge is 0.159 e. The molecule has 0 aromatic heterocycles. The van der Waals surface area contributed by atoms with Crippen molar-refractivity contribution in [2.75, 3.05) is 6.61 Å². The number of halogens is 2. The molecule has 4 heteroatoms. The number of ether oxygens (including phenoxy) is 1. The lowest BCUT2D eigenvalue weighted by molar-refractivity contribution is 0.101. The van der Waals surface area contributed by atoms with E-state index in [-0.39, 0.29) is 5.78 Å². The minimum Gasteiger partial charge on any atom is -0.490 e. The van der Waals surface area contributed by atoms with E-state index in [4.69, 9.17) is 27.9 Å². The van der Waals surface area contributed by atoms with Gasteiger partial charge in [-0.15, -0.1) is 0 Å². The number of carbonyl (C=O) groups is 1. The van der Waals surface area contributed by atoms with Gasteiger partial charge >= 0.3 is 0 Å². The van der Waals surface area contributed by atoms with Crippen LogP contribution in [0.25, 0.3) is 0 Å². The Morgan fingerprint density at radius 3 is 2.35 bits per heavy atom. The second kappa shape index (κ2) is 8.83. The highest BCUT2D eigenvalue weighted by Gasteiger charge is 1.99. The molecule has 2 nitrogen and oxygen atoms in total. The van der Waals surface area contributed by atoms with E-state index in [0.717, 1.165) is 18.6 Å². The van der Waals surface area contributed by atoms with E-state index in [9.17, 15) is 4.79 Å². The van der Waals surface area contributed by atoms with Crippen molar-refractivity contribution in [1.82, 2.24) is 0 Å². The zero-order chi connectivity index (χ0) is 15.0. The van der Waals surface area contributed by atoms with Gasteiger partial charge < -0.3 is 4.74 Å². The molecule has 1 rings (SSSR count). The van der Waals surface area contributed by atoms with E-state index in [1.807, 2.05) is 13.0 Å². The van der Waals surface area contributed by atoms with Crippen LogP contribution in [-0.4, -0.2) is 12.4 Å². The van der Waals surface area contributed by atoms with Crippen molar-refractivity contribution in [1.29, 1.82) is 0 Å². The summed E-state index contributed by atoms with van der Waals surface area (Å²) in [5, 5.41) is 0. The highest BCUT2D eigenvalue weighted by atomic mass is 35.5. The molecule has 1 aromatic carbocycles. The predicted octanol–water partition coefficient (Wildman–Crippen LogP) is 5.31. The summed E-state index contributed by atoms with van der Waals surface area (Å²) in [4.78, 5) is 11.1. The summed E-state index contributed by atoms with van der Waals surface area (Å²) in [5.41, 5.74) is 1.91. The highest BCUT2D eigenvalue weighted by molar-refractivity contribution is 6.55. The maximum absolute atomic E-state index is 11.1. The lowest BCUT2D eigenvalue weighted by Gasteiger charge is -2.05. The highest BCUT2D eigenvalue weighted by Crippen LogP contribution is 2.14. The third-order valence-corrected chi connectivity index (χ3v) is 3.09. The van der Waals surface area contributed by atoms with Crippen molar-refractivity contribution < 1.29 is 9.53 Å². The van der Waals surface area contributed by atoms with Crippen molar-refractivity contribution >= 4 is 29.0 Å². The SMILES string of the molecule is CC(=O)c1ccc(OCC=C(C)CCC=C(Cl)Cl)cc1. The van der Waals surface area contributed by atoms with Crippen LogP contribution in [0.2, 0.25) is 0 Å². The summed E-state index contributed by atoms with van der Waals surface area (Å²) in [5.74, 6) is 0.807. The van der Waals surface area contributed by atoms with Crippen LogP contribution in [0.5, 0.6) is 5.75 Å². The quantitative estimate of drug-likeness (QED) is 0.503. The minimum absolute atomic E-state index is 0.0540. The molecule has 0 amide bonds. The first-order valence-corrected chi connectivity index (χ1v) is 7.15. The summed E-state index contributed by atoms with van der Waals surface area (Å²) >= 11 is 11.1. The topological polar surface area (TPSA) is 26.3 Å². The average molecular weight is 313 g/mol. The average Bonchev–Trinajstić information content (AvgIpc) is 2.39. The van der Waals surface area contributed by atoms with Gasteiger partial charge in [-0.05, 0) is 57.0 Å². The van der Waals surface area contributed by atoms with Crippen molar-refractivity contribution in [3.05, 3.63) is 52.0 Å². The summed E-state index contributed by atoms with van der Waals surface area (Å²) in [6, 6.07) is 7.13. The molecule has 0 saturated heterocycles. The van der Waals surface area contributed by atoms with E-state index < -0.39 is 0 Å². The summed E-state index contributed by atoms with van der Waals surface area (Å²) in [6.07, 6.45) is 5.52. The number of hydrogen-bond donors (Lipinski definition) is 0. The Bertz CT molecular complexity index is 498. The van der Waals surface area contributed by atoms with Crippen LogP contribution in [0.4, 0.5) is 0 Å². The Balaban J connectivity index is 2.39.